The molecule has 7 nitrogen and oxygen atoms in total. The molecule has 11 heteroatoms. The Morgan fingerprint density at radius 3 is 2.50 bits per heavy atom. The maximum Gasteiger partial charge on any atom is 0.276 e. The number of aromatic nitrogens is 1. The van der Waals surface area contributed by atoms with Crippen molar-refractivity contribution in [2.45, 2.75) is 31.3 Å². The first-order valence-corrected chi connectivity index (χ1v) is 13.6. The molecule has 0 amide bonds. The second-order valence-electron chi connectivity index (χ2n) is 9.75. The number of halogens is 3. The van der Waals surface area contributed by atoms with Gasteiger partial charge in [-0.2, -0.15) is 8.42 Å². The van der Waals surface area contributed by atoms with E-state index in [4.69, 9.17) is 0 Å². The first-order chi connectivity index (χ1) is 17.2. The van der Waals surface area contributed by atoms with Crippen LogP contribution < -0.4 is 9.44 Å². The van der Waals surface area contributed by atoms with Crippen molar-refractivity contribution in [2.75, 3.05) is 32.7 Å². The molecule has 1 aliphatic heterocycles. The third-order valence-electron chi connectivity index (χ3n) is 7.17. The average molecular weight is 523 g/mol. The van der Waals surface area contributed by atoms with Crippen LogP contribution in [0.2, 0.25) is 0 Å². The molecule has 0 bridgehead atoms. The molecular formula is C25H29F3N4O3S. The van der Waals surface area contributed by atoms with E-state index >= 15 is 0 Å². The zero-order valence-electron chi connectivity index (χ0n) is 19.6. The normalized spacial score (nSPS) is 22.8. The van der Waals surface area contributed by atoms with Gasteiger partial charge in [-0.1, -0.05) is 0 Å². The highest BCUT2D eigenvalue weighted by Gasteiger charge is 2.35. The van der Waals surface area contributed by atoms with Gasteiger partial charge < -0.3 is 10.1 Å². The second-order valence-corrected chi connectivity index (χ2v) is 11.3. The number of hydrogen-bond acceptors (Lipinski definition) is 4. The minimum Gasteiger partial charge on any atom is -0.392 e. The average Bonchev–Trinajstić information content (AvgIpc) is 3.37. The molecule has 3 aromatic rings. The molecule has 1 saturated heterocycles. The van der Waals surface area contributed by atoms with Crippen molar-refractivity contribution >= 4 is 21.1 Å². The number of aromatic amines is 1. The first kappa shape index (κ1) is 25.2. The lowest BCUT2D eigenvalue weighted by atomic mass is 9.70. The van der Waals surface area contributed by atoms with Gasteiger partial charge >= 0.3 is 0 Å². The first-order valence-electron chi connectivity index (χ1n) is 12.1. The Morgan fingerprint density at radius 1 is 1.06 bits per heavy atom. The summed E-state index contributed by atoms with van der Waals surface area (Å²) in [5.41, 5.74) is 2.25. The summed E-state index contributed by atoms with van der Waals surface area (Å²) < 4.78 is 71.9. The molecule has 0 spiro atoms. The molecule has 1 unspecified atom stereocenters. The molecule has 2 fully saturated rings. The van der Waals surface area contributed by atoms with E-state index in [-0.39, 0.29) is 36.5 Å². The molecule has 0 radical (unpaired) electrons. The second kappa shape index (κ2) is 10.1. The fourth-order valence-corrected chi connectivity index (χ4v) is 6.20. The number of hydrogen-bond donors (Lipinski definition) is 4. The fourth-order valence-electron chi connectivity index (χ4n) is 5.28. The minimum absolute atomic E-state index is 0.0240. The zero-order valence-corrected chi connectivity index (χ0v) is 20.4. The Hall–Kier alpha value is -2.44. The van der Waals surface area contributed by atoms with Crippen molar-refractivity contribution in [1.82, 2.24) is 19.3 Å². The molecule has 1 aliphatic carbocycles. The quantitative estimate of drug-likeness (QED) is 0.347. The van der Waals surface area contributed by atoms with Gasteiger partial charge in [0.2, 0.25) is 0 Å². The molecule has 1 aromatic heterocycles. The van der Waals surface area contributed by atoms with Crippen LogP contribution >= 0.6 is 0 Å². The predicted molar refractivity (Wildman–Crippen MR) is 131 cm³/mol. The van der Waals surface area contributed by atoms with Crippen molar-refractivity contribution in [3.8, 4) is 11.3 Å². The van der Waals surface area contributed by atoms with E-state index < -0.39 is 27.7 Å². The van der Waals surface area contributed by atoms with E-state index in [0.29, 0.717) is 49.0 Å². The summed E-state index contributed by atoms with van der Waals surface area (Å²) in [4.78, 5) is 5.07. The van der Waals surface area contributed by atoms with Crippen molar-refractivity contribution < 1.29 is 26.7 Å². The summed E-state index contributed by atoms with van der Waals surface area (Å²) in [6, 6.07) is 7.95. The monoisotopic (exact) mass is 522 g/mol. The Balaban J connectivity index is 1.23. The van der Waals surface area contributed by atoms with Crippen LogP contribution in [0.5, 0.6) is 0 Å². The summed E-state index contributed by atoms with van der Waals surface area (Å²) in [5.74, 6) is -1.72. The molecule has 2 aromatic carbocycles. The number of nitrogens with zero attached hydrogens (tertiary/aromatic N) is 1. The number of fused-ring (bicyclic) bond motifs is 1. The lowest BCUT2D eigenvalue weighted by Gasteiger charge is -2.36. The van der Waals surface area contributed by atoms with E-state index in [1.807, 2.05) is 4.90 Å². The maximum absolute atomic E-state index is 14.5. The van der Waals surface area contributed by atoms with Crippen LogP contribution in [0.4, 0.5) is 13.2 Å². The molecule has 1 saturated carbocycles. The molecule has 2 heterocycles. The highest BCUT2D eigenvalue weighted by atomic mass is 32.2. The lowest BCUT2D eigenvalue weighted by molar-refractivity contribution is 0.177. The van der Waals surface area contributed by atoms with E-state index in [2.05, 4.69) is 14.4 Å². The SMILES string of the molecule is O=S(=O)(NCCN1CCC(O)C1)NC[C@H]1C[C@H](c2c(-c3ccc(F)cc3)[nH]c3c(F)cc(F)cc32)C1. The summed E-state index contributed by atoms with van der Waals surface area (Å²) >= 11 is 0. The van der Waals surface area contributed by atoms with Crippen LogP contribution in [0.1, 0.15) is 30.7 Å². The molecular weight excluding hydrogens is 493 g/mol. The highest BCUT2D eigenvalue weighted by molar-refractivity contribution is 7.87. The third kappa shape index (κ3) is 5.45. The Kier molecular flexibility index (Phi) is 7.10. The van der Waals surface area contributed by atoms with E-state index in [1.165, 1.54) is 18.2 Å². The number of aliphatic hydroxyl groups excluding tert-OH is 1. The summed E-state index contributed by atoms with van der Waals surface area (Å²) in [5, 5.41) is 10.0. The van der Waals surface area contributed by atoms with E-state index in [1.54, 1.807) is 12.1 Å². The van der Waals surface area contributed by atoms with E-state index in [9.17, 15) is 26.7 Å². The number of likely N-dealkylation sites (tertiary alicyclic amines) is 1. The summed E-state index contributed by atoms with van der Waals surface area (Å²) in [7, 11) is -3.66. The van der Waals surface area contributed by atoms with Gasteiger partial charge in [0, 0.05) is 44.2 Å². The fraction of sp³-hybridized carbons (Fsp3) is 0.440. The zero-order chi connectivity index (χ0) is 25.4. The molecule has 194 valence electrons. The predicted octanol–water partition coefficient (Wildman–Crippen LogP) is 3.24. The number of rotatable bonds is 9. The van der Waals surface area contributed by atoms with Gasteiger partial charge in [0.05, 0.1) is 17.3 Å². The molecule has 5 rings (SSSR count). The molecule has 2 aliphatic rings. The van der Waals surface area contributed by atoms with Crippen molar-refractivity contribution in [3.05, 3.63) is 59.4 Å². The number of β-amino-alcohol motifs (C(OH)–C–C–N with tert-alkyl or cyclic N) is 1. The maximum atomic E-state index is 14.5. The van der Waals surface area contributed by atoms with Crippen LogP contribution in [0.15, 0.2) is 36.4 Å². The minimum atomic E-state index is -3.66. The largest absolute Gasteiger partial charge is 0.392 e. The number of H-pyrrole nitrogens is 1. The Labute approximate surface area is 207 Å². The van der Waals surface area contributed by atoms with Gasteiger partial charge in [-0.05, 0) is 72.6 Å². The summed E-state index contributed by atoms with van der Waals surface area (Å²) in [6.45, 7) is 2.35. The van der Waals surface area contributed by atoms with Gasteiger partial charge in [-0.3, -0.25) is 4.90 Å². The van der Waals surface area contributed by atoms with Gasteiger partial charge in [0.15, 0.2) is 0 Å². The Bertz CT molecular complexity index is 1340. The molecule has 36 heavy (non-hydrogen) atoms. The Morgan fingerprint density at radius 2 is 1.81 bits per heavy atom. The van der Waals surface area contributed by atoms with Crippen LogP contribution in [-0.2, 0) is 10.2 Å². The topological polar surface area (TPSA) is 97.5 Å². The van der Waals surface area contributed by atoms with Crippen molar-refractivity contribution in [3.63, 3.8) is 0 Å². The van der Waals surface area contributed by atoms with Gasteiger partial charge in [0.25, 0.3) is 10.2 Å². The molecule has 1 atom stereocenters. The van der Waals surface area contributed by atoms with E-state index in [0.717, 1.165) is 18.2 Å². The van der Waals surface area contributed by atoms with Gasteiger partial charge in [-0.25, -0.2) is 22.6 Å². The number of benzene rings is 2. The van der Waals surface area contributed by atoms with Crippen LogP contribution in [0, 0.1) is 23.4 Å². The van der Waals surface area contributed by atoms with Crippen molar-refractivity contribution in [1.29, 1.82) is 0 Å². The summed E-state index contributed by atoms with van der Waals surface area (Å²) in [6.07, 6.45) is 1.65. The number of nitrogens with one attached hydrogen (secondary N) is 3. The molecule has 4 N–H and O–H groups in total. The van der Waals surface area contributed by atoms with Crippen molar-refractivity contribution in [2.24, 2.45) is 5.92 Å². The van der Waals surface area contributed by atoms with Gasteiger partial charge in [0.1, 0.15) is 17.5 Å². The highest BCUT2D eigenvalue weighted by Crippen LogP contribution is 2.48. The van der Waals surface area contributed by atoms with Crippen LogP contribution in [0.3, 0.4) is 0 Å². The lowest BCUT2D eigenvalue weighted by Crippen LogP contribution is -2.43. The third-order valence-corrected chi connectivity index (χ3v) is 8.30. The smallest absolute Gasteiger partial charge is 0.276 e. The standard InChI is InChI=1S/C25H29F3N4O3S/c26-18-3-1-16(2-4-18)24-23(21-11-19(27)12-22(28)25(21)31-24)17-9-15(10-17)13-30-36(34,35)29-6-8-32-7-5-20(33)14-32/h1-4,11-12,15,17,20,29-31,33H,5-10,13-14H2/t15-,17-,20?. The van der Waals surface area contributed by atoms with Gasteiger partial charge in [-0.15, -0.1) is 0 Å². The van der Waals surface area contributed by atoms with Crippen LogP contribution in [0.25, 0.3) is 22.2 Å². The number of aliphatic hydroxyl groups is 1. The van der Waals surface area contributed by atoms with Crippen LogP contribution in [-0.4, -0.2) is 62.2 Å².